The molecule has 2 unspecified atom stereocenters. The third-order valence-corrected chi connectivity index (χ3v) is 8.77. The fraction of sp³-hybridized carbons (Fsp3) is 0.567. The van der Waals surface area contributed by atoms with E-state index in [0.717, 1.165) is 55.2 Å². The number of aromatic hydroxyl groups is 1. The van der Waals surface area contributed by atoms with Crippen LogP contribution in [0.4, 0.5) is 5.69 Å². The molecule has 2 atom stereocenters. The van der Waals surface area contributed by atoms with Crippen LogP contribution in [0.5, 0.6) is 11.5 Å². The quantitative estimate of drug-likeness (QED) is 0.611. The Hall–Kier alpha value is -2.73. The molecule has 0 spiro atoms. The van der Waals surface area contributed by atoms with Crippen LogP contribution in [0.2, 0.25) is 0 Å². The number of carbonyl (C=O) groups is 1. The molecule has 3 aliphatic rings. The summed E-state index contributed by atoms with van der Waals surface area (Å²) in [6.45, 7) is 7.99. The number of nitrogens with zero attached hydrogens (tertiary/aromatic N) is 2. The van der Waals surface area contributed by atoms with Gasteiger partial charge in [-0.2, -0.15) is 0 Å². The summed E-state index contributed by atoms with van der Waals surface area (Å²) in [4.78, 5) is 18.0. The molecule has 5 rings (SSSR count). The number of phenols is 1. The van der Waals surface area contributed by atoms with Crippen LogP contribution in [0.15, 0.2) is 30.3 Å². The van der Waals surface area contributed by atoms with Crippen molar-refractivity contribution in [1.29, 1.82) is 0 Å². The number of carbonyl (C=O) groups excluding carboxylic acids is 1. The second kappa shape index (κ2) is 10.7. The Bertz CT molecular complexity index is 1090. The van der Waals surface area contributed by atoms with Gasteiger partial charge in [0.2, 0.25) is 5.91 Å². The summed E-state index contributed by atoms with van der Waals surface area (Å²) in [5.41, 5.74) is 5.55. The Morgan fingerprint density at radius 2 is 1.81 bits per heavy atom. The zero-order valence-corrected chi connectivity index (χ0v) is 22.1. The minimum atomic E-state index is -0.0905. The van der Waals surface area contributed by atoms with Crippen molar-refractivity contribution in [1.82, 2.24) is 10.2 Å². The van der Waals surface area contributed by atoms with Crippen LogP contribution >= 0.6 is 0 Å². The predicted molar refractivity (Wildman–Crippen MR) is 144 cm³/mol. The molecular weight excluding hydrogens is 450 g/mol. The molecule has 2 N–H and O–H groups in total. The summed E-state index contributed by atoms with van der Waals surface area (Å²) >= 11 is 0. The summed E-state index contributed by atoms with van der Waals surface area (Å²) in [5, 5.41) is 14.5. The molecule has 2 aliphatic carbocycles. The molecule has 6 heteroatoms. The van der Waals surface area contributed by atoms with Crippen LogP contribution in [0.25, 0.3) is 0 Å². The molecular formula is C30H41N3O3. The van der Waals surface area contributed by atoms with Crippen molar-refractivity contribution in [2.24, 2.45) is 11.8 Å². The summed E-state index contributed by atoms with van der Waals surface area (Å²) in [7, 11) is 1.69. The fourth-order valence-corrected chi connectivity index (χ4v) is 6.80. The SMILES string of the molecule is COc1cccc(N2CCN(CC(=O)NC3c4c(O)c(C)cc(C)c4CC3C3CCCCC3)CC2)c1. The van der Waals surface area contributed by atoms with E-state index in [4.69, 9.17) is 4.74 Å². The van der Waals surface area contributed by atoms with Crippen molar-refractivity contribution in [3.8, 4) is 11.5 Å². The number of nitrogens with one attached hydrogen (secondary N) is 1. The molecule has 6 nitrogen and oxygen atoms in total. The highest BCUT2D eigenvalue weighted by Crippen LogP contribution is 2.49. The summed E-state index contributed by atoms with van der Waals surface area (Å²) in [6, 6.07) is 10.2. The van der Waals surface area contributed by atoms with Crippen LogP contribution < -0.4 is 15.0 Å². The lowest BCUT2D eigenvalue weighted by atomic mass is 9.77. The normalized spacial score (nSPS) is 22.9. The first-order chi connectivity index (χ1) is 17.4. The number of ether oxygens (including phenoxy) is 1. The third-order valence-electron chi connectivity index (χ3n) is 8.77. The van der Waals surface area contributed by atoms with Crippen LogP contribution in [0.1, 0.15) is 60.4 Å². The van der Waals surface area contributed by atoms with Gasteiger partial charge in [0.1, 0.15) is 11.5 Å². The molecule has 1 amide bonds. The van der Waals surface area contributed by atoms with Gasteiger partial charge in [-0.05, 0) is 60.9 Å². The summed E-state index contributed by atoms with van der Waals surface area (Å²) < 4.78 is 5.38. The van der Waals surface area contributed by atoms with Crippen LogP contribution in [-0.2, 0) is 11.2 Å². The number of aryl methyl sites for hydroxylation is 2. The number of fused-ring (bicyclic) bond motifs is 1. The smallest absolute Gasteiger partial charge is 0.234 e. The number of benzene rings is 2. The molecule has 1 saturated heterocycles. The summed E-state index contributed by atoms with van der Waals surface area (Å²) in [6.07, 6.45) is 7.30. The van der Waals surface area contributed by atoms with Crippen molar-refractivity contribution < 1.29 is 14.6 Å². The zero-order chi connectivity index (χ0) is 25.2. The molecule has 1 aliphatic heterocycles. The Morgan fingerprint density at radius 3 is 2.53 bits per heavy atom. The van der Waals surface area contributed by atoms with Gasteiger partial charge >= 0.3 is 0 Å². The highest BCUT2D eigenvalue weighted by atomic mass is 16.5. The molecule has 1 heterocycles. The second-order valence-electron chi connectivity index (χ2n) is 11.0. The van der Waals surface area contributed by atoms with Crippen LogP contribution in [0.3, 0.4) is 0 Å². The first kappa shape index (κ1) is 24.9. The molecule has 0 bridgehead atoms. The topological polar surface area (TPSA) is 65.0 Å². The van der Waals surface area contributed by atoms with E-state index in [0.29, 0.717) is 24.1 Å². The highest BCUT2D eigenvalue weighted by molar-refractivity contribution is 5.79. The lowest BCUT2D eigenvalue weighted by Gasteiger charge is -2.36. The Morgan fingerprint density at radius 1 is 1.06 bits per heavy atom. The van der Waals surface area contributed by atoms with Gasteiger partial charge in [-0.3, -0.25) is 9.69 Å². The van der Waals surface area contributed by atoms with Crippen molar-refractivity contribution in [2.45, 2.75) is 58.4 Å². The van der Waals surface area contributed by atoms with E-state index < -0.39 is 0 Å². The maximum atomic E-state index is 13.4. The highest BCUT2D eigenvalue weighted by Gasteiger charge is 2.41. The zero-order valence-electron chi connectivity index (χ0n) is 22.1. The number of anilines is 1. The minimum Gasteiger partial charge on any atom is -0.507 e. The number of phenolic OH excluding ortho intramolecular Hbond substituents is 1. The summed E-state index contributed by atoms with van der Waals surface area (Å²) in [5.74, 6) is 2.31. The Balaban J connectivity index is 1.25. The number of rotatable bonds is 6. The van der Waals surface area contributed by atoms with E-state index in [2.05, 4.69) is 40.2 Å². The molecule has 36 heavy (non-hydrogen) atoms. The predicted octanol–water partition coefficient (Wildman–Crippen LogP) is 4.75. The van der Waals surface area contributed by atoms with Gasteiger partial charge in [-0.1, -0.05) is 44.2 Å². The van der Waals surface area contributed by atoms with E-state index in [9.17, 15) is 9.90 Å². The standard InChI is InChI=1S/C30H41N3O3/c1-20-16-21(2)30(35)28-25(20)18-26(22-8-5-4-6-9-22)29(28)31-27(34)19-32-12-14-33(15-13-32)23-10-7-11-24(17-23)36-3/h7,10-11,16-17,22,26,29,35H,4-6,8-9,12-15,18-19H2,1-3H3,(H,31,34). The largest absolute Gasteiger partial charge is 0.507 e. The average Bonchev–Trinajstić information content (AvgIpc) is 3.28. The number of piperazine rings is 1. The first-order valence-corrected chi connectivity index (χ1v) is 13.7. The molecule has 194 valence electrons. The van der Waals surface area contributed by atoms with Gasteiger partial charge in [0.15, 0.2) is 0 Å². The maximum absolute atomic E-state index is 13.4. The number of hydrogen-bond donors (Lipinski definition) is 2. The number of methoxy groups -OCH3 is 1. The van der Waals surface area contributed by atoms with Crippen molar-refractivity contribution in [2.75, 3.05) is 44.7 Å². The number of amides is 1. The van der Waals surface area contributed by atoms with Gasteiger partial charge in [0.05, 0.1) is 19.7 Å². The maximum Gasteiger partial charge on any atom is 0.234 e. The first-order valence-electron chi connectivity index (χ1n) is 13.7. The van der Waals surface area contributed by atoms with E-state index in [-0.39, 0.29) is 11.9 Å². The van der Waals surface area contributed by atoms with Crippen molar-refractivity contribution >= 4 is 11.6 Å². The van der Waals surface area contributed by atoms with Gasteiger partial charge < -0.3 is 20.1 Å². The third kappa shape index (κ3) is 5.06. The van der Waals surface area contributed by atoms with Gasteiger partial charge in [-0.25, -0.2) is 0 Å². The molecule has 0 aromatic heterocycles. The fourth-order valence-electron chi connectivity index (χ4n) is 6.80. The van der Waals surface area contributed by atoms with Gasteiger partial charge in [0, 0.05) is 43.5 Å². The van der Waals surface area contributed by atoms with E-state index in [1.165, 1.54) is 43.2 Å². The van der Waals surface area contributed by atoms with Gasteiger partial charge in [-0.15, -0.1) is 0 Å². The molecule has 1 saturated carbocycles. The van der Waals surface area contributed by atoms with E-state index >= 15 is 0 Å². The van der Waals surface area contributed by atoms with Gasteiger partial charge in [0.25, 0.3) is 0 Å². The average molecular weight is 492 g/mol. The molecule has 2 aromatic rings. The van der Waals surface area contributed by atoms with Crippen molar-refractivity contribution in [3.05, 3.63) is 52.6 Å². The lowest BCUT2D eigenvalue weighted by Crippen LogP contribution is -2.50. The molecule has 2 aromatic carbocycles. The number of hydrogen-bond acceptors (Lipinski definition) is 5. The molecule has 2 fully saturated rings. The monoisotopic (exact) mass is 491 g/mol. The van der Waals surface area contributed by atoms with E-state index in [1.807, 2.05) is 19.1 Å². The van der Waals surface area contributed by atoms with Crippen LogP contribution in [-0.4, -0.2) is 55.7 Å². The van der Waals surface area contributed by atoms with Crippen LogP contribution in [0, 0.1) is 25.7 Å². The van der Waals surface area contributed by atoms with Crippen molar-refractivity contribution in [3.63, 3.8) is 0 Å². The minimum absolute atomic E-state index is 0.0713. The Labute approximate surface area is 215 Å². The Kier molecular flexibility index (Phi) is 7.42. The molecule has 0 radical (unpaired) electrons. The lowest BCUT2D eigenvalue weighted by molar-refractivity contribution is -0.123. The second-order valence-corrected chi connectivity index (χ2v) is 11.0. The van der Waals surface area contributed by atoms with E-state index in [1.54, 1.807) is 7.11 Å².